The summed E-state index contributed by atoms with van der Waals surface area (Å²) in [6.07, 6.45) is 2.62. The maximum absolute atomic E-state index is 5.47. The molecule has 0 amide bonds. The summed E-state index contributed by atoms with van der Waals surface area (Å²) in [5.41, 5.74) is 3.54. The number of rotatable bonds is 6. The second-order valence-corrected chi connectivity index (χ2v) is 7.68. The molecule has 1 unspecified atom stereocenters. The van der Waals surface area contributed by atoms with Crippen molar-refractivity contribution in [1.82, 2.24) is 10.3 Å². The molecule has 1 aromatic heterocycles. The van der Waals surface area contributed by atoms with E-state index in [1.807, 2.05) is 18.2 Å². The van der Waals surface area contributed by atoms with E-state index in [-0.39, 0.29) is 0 Å². The Balaban J connectivity index is 1.30. The minimum Gasteiger partial charge on any atom is -0.454 e. The molecule has 1 N–H and O–H groups in total. The van der Waals surface area contributed by atoms with Crippen LogP contribution in [0.4, 0.5) is 0 Å². The van der Waals surface area contributed by atoms with E-state index in [2.05, 4.69) is 41.0 Å². The highest BCUT2D eigenvalue weighted by Gasteiger charge is 2.31. The predicted molar refractivity (Wildman–Crippen MR) is 102 cm³/mol. The third kappa shape index (κ3) is 3.20. The number of hydrogen-bond acceptors (Lipinski definition) is 5. The average Bonchev–Trinajstić information content (AvgIpc) is 3.21. The highest BCUT2D eigenvalue weighted by Crippen LogP contribution is 2.41. The number of benzene rings is 2. The molecule has 5 rings (SSSR count). The molecule has 0 radical (unpaired) electrons. The Hall–Kier alpha value is -2.37. The molecule has 0 saturated heterocycles. The third-order valence-corrected chi connectivity index (χ3v) is 5.87. The van der Waals surface area contributed by atoms with E-state index < -0.39 is 0 Å². The van der Waals surface area contributed by atoms with E-state index in [0.29, 0.717) is 12.8 Å². The van der Waals surface area contributed by atoms with Crippen molar-refractivity contribution in [3.8, 4) is 22.1 Å². The lowest BCUT2D eigenvalue weighted by Gasteiger charge is -2.18. The number of hydrogen-bond donors (Lipinski definition) is 1. The highest BCUT2D eigenvalue weighted by molar-refractivity contribution is 7.13. The molecule has 0 spiro atoms. The summed E-state index contributed by atoms with van der Waals surface area (Å²) in [6, 6.07) is 17.2. The molecule has 1 atom stereocenters. The molecule has 2 aromatic carbocycles. The number of thiazole rings is 1. The number of aromatic nitrogens is 1. The van der Waals surface area contributed by atoms with Crippen LogP contribution in [0.3, 0.4) is 0 Å². The van der Waals surface area contributed by atoms with Crippen molar-refractivity contribution in [3.05, 3.63) is 65.2 Å². The molecular formula is C21H20N2O2S. The van der Waals surface area contributed by atoms with Crippen LogP contribution >= 0.6 is 11.3 Å². The minimum atomic E-state index is 0.299. The fourth-order valence-corrected chi connectivity index (χ4v) is 4.23. The summed E-state index contributed by atoms with van der Waals surface area (Å²) >= 11 is 1.67. The molecular weight excluding hydrogens is 344 g/mol. The number of nitrogens with one attached hydrogen (secondary N) is 1. The SMILES string of the molecule is c1ccc(C(NCc2csc(-c3ccc4c(c3)OCO4)n2)C2CC2)cc1. The van der Waals surface area contributed by atoms with E-state index in [1.54, 1.807) is 11.3 Å². The van der Waals surface area contributed by atoms with Gasteiger partial charge in [0.05, 0.1) is 5.69 Å². The van der Waals surface area contributed by atoms with Crippen LogP contribution in [0.15, 0.2) is 53.9 Å². The van der Waals surface area contributed by atoms with Crippen LogP contribution in [-0.4, -0.2) is 11.8 Å². The standard InChI is InChI=1S/C21H20N2O2S/c1-2-4-14(5-3-1)20(15-6-7-15)22-11-17-12-26-21(23-17)16-8-9-18-19(10-16)25-13-24-18/h1-5,8-10,12,15,20,22H,6-7,11,13H2. The molecule has 0 bridgehead atoms. The van der Waals surface area contributed by atoms with Gasteiger partial charge in [-0.1, -0.05) is 30.3 Å². The second-order valence-electron chi connectivity index (χ2n) is 6.82. The Kier molecular flexibility index (Phi) is 4.11. The van der Waals surface area contributed by atoms with Gasteiger partial charge in [-0.05, 0) is 42.5 Å². The molecule has 1 fully saturated rings. The van der Waals surface area contributed by atoms with Gasteiger partial charge in [-0.25, -0.2) is 4.98 Å². The van der Waals surface area contributed by atoms with Gasteiger partial charge in [-0.15, -0.1) is 11.3 Å². The topological polar surface area (TPSA) is 43.4 Å². The van der Waals surface area contributed by atoms with E-state index in [0.717, 1.165) is 40.2 Å². The smallest absolute Gasteiger partial charge is 0.231 e. The zero-order valence-electron chi connectivity index (χ0n) is 14.4. The highest BCUT2D eigenvalue weighted by atomic mass is 32.1. The molecule has 1 saturated carbocycles. The van der Waals surface area contributed by atoms with Crippen LogP contribution in [0.1, 0.15) is 30.1 Å². The van der Waals surface area contributed by atoms with Gasteiger partial charge in [0.25, 0.3) is 0 Å². The van der Waals surface area contributed by atoms with Gasteiger partial charge in [-0.2, -0.15) is 0 Å². The maximum atomic E-state index is 5.47. The lowest BCUT2D eigenvalue weighted by molar-refractivity contribution is 0.174. The minimum absolute atomic E-state index is 0.299. The van der Waals surface area contributed by atoms with E-state index >= 15 is 0 Å². The van der Waals surface area contributed by atoms with Gasteiger partial charge in [0, 0.05) is 23.5 Å². The molecule has 132 valence electrons. The first kappa shape index (κ1) is 15.9. The number of nitrogens with zero attached hydrogens (tertiary/aromatic N) is 1. The lowest BCUT2D eigenvalue weighted by Crippen LogP contribution is -2.22. The van der Waals surface area contributed by atoms with Crippen LogP contribution in [0.5, 0.6) is 11.5 Å². The maximum Gasteiger partial charge on any atom is 0.231 e. The molecule has 1 aliphatic heterocycles. The zero-order chi connectivity index (χ0) is 17.3. The fourth-order valence-electron chi connectivity index (χ4n) is 3.41. The molecule has 3 aromatic rings. The van der Waals surface area contributed by atoms with Gasteiger partial charge >= 0.3 is 0 Å². The van der Waals surface area contributed by atoms with E-state index in [1.165, 1.54) is 18.4 Å². The fraction of sp³-hybridized carbons (Fsp3) is 0.286. The van der Waals surface area contributed by atoms with Crippen molar-refractivity contribution < 1.29 is 9.47 Å². The summed E-state index contributed by atoms with van der Waals surface area (Å²) in [4.78, 5) is 4.81. The average molecular weight is 364 g/mol. The van der Waals surface area contributed by atoms with Crippen LogP contribution in [-0.2, 0) is 6.54 Å². The van der Waals surface area contributed by atoms with Crippen LogP contribution in [0, 0.1) is 5.92 Å². The van der Waals surface area contributed by atoms with Crippen molar-refractivity contribution in [2.45, 2.75) is 25.4 Å². The summed E-state index contributed by atoms with van der Waals surface area (Å²) in [6.45, 7) is 1.09. The Morgan fingerprint density at radius 2 is 1.92 bits per heavy atom. The quantitative estimate of drug-likeness (QED) is 0.684. The summed E-state index contributed by atoms with van der Waals surface area (Å²) in [5.74, 6) is 2.36. The lowest BCUT2D eigenvalue weighted by atomic mass is 10.0. The van der Waals surface area contributed by atoms with Gasteiger partial charge in [0.15, 0.2) is 11.5 Å². The second kappa shape index (κ2) is 6.74. The largest absolute Gasteiger partial charge is 0.454 e. The third-order valence-electron chi connectivity index (χ3n) is 4.93. The summed E-state index contributed by atoms with van der Waals surface area (Å²) < 4.78 is 10.9. The van der Waals surface area contributed by atoms with Gasteiger partial charge in [0.1, 0.15) is 5.01 Å². The van der Waals surface area contributed by atoms with Gasteiger partial charge in [-0.3, -0.25) is 0 Å². The Labute approximate surface area is 156 Å². The molecule has 26 heavy (non-hydrogen) atoms. The first-order valence-electron chi connectivity index (χ1n) is 8.99. The predicted octanol–water partition coefficient (Wildman–Crippen LogP) is 4.78. The normalized spacial score (nSPS) is 16.6. The molecule has 1 aliphatic carbocycles. The van der Waals surface area contributed by atoms with Crippen molar-refractivity contribution in [2.24, 2.45) is 5.92 Å². The first-order valence-corrected chi connectivity index (χ1v) is 9.87. The Morgan fingerprint density at radius 1 is 1.08 bits per heavy atom. The van der Waals surface area contributed by atoms with E-state index in [4.69, 9.17) is 14.5 Å². The molecule has 4 nitrogen and oxygen atoms in total. The monoisotopic (exact) mass is 364 g/mol. The van der Waals surface area contributed by atoms with Crippen molar-refractivity contribution in [1.29, 1.82) is 0 Å². The Morgan fingerprint density at radius 3 is 2.77 bits per heavy atom. The number of ether oxygens (including phenoxy) is 2. The zero-order valence-corrected chi connectivity index (χ0v) is 15.2. The number of fused-ring (bicyclic) bond motifs is 1. The summed E-state index contributed by atoms with van der Waals surface area (Å²) in [5, 5.41) is 6.88. The van der Waals surface area contributed by atoms with Crippen molar-refractivity contribution in [3.63, 3.8) is 0 Å². The van der Waals surface area contributed by atoms with Crippen molar-refractivity contribution in [2.75, 3.05) is 6.79 Å². The molecule has 5 heteroatoms. The van der Waals surface area contributed by atoms with Crippen molar-refractivity contribution >= 4 is 11.3 Å². The van der Waals surface area contributed by atoms with Gasteiger partial charge in [0.2, 0.25) is 6.79 Å². The van der Waals surface area contributed by atoms with Crippen LogP contribution < -0.4 is 14.8 Å². The first-order chi connectivity index (χ1) is 12.9. The van der Waals surface area contributed by atoms with Crippen LogP contribution in [0.25, 0.3) is 10.6 Å². The molecule has 2 heterocycles. The molecule has 2 aliphatic rings. The van der Waals surface area contributed by atoms with Crippen LogP contribution in [0.2, 0.25) is 0 Å². The Bertz CT molecular complexity index is 905. The van der Waals surface area contributed by atoms with E-state index in [9.17, 15) is 0 Å². The van der Waals surface area contributed by atoms with Gasteiger partial charge < -0.3 is 14.8 Å². The summed E-state index contributed by atoms with van der Waals surface area (Å²) in [7, 11) is 0.